The number of nitrogens with zero attached hydrogens (tertiary/aromatic N) is 3. The third kappa shape index (κ3) is 6.28. The van der Waals surface area contributed by atoms with Crippen LogP contribution in [0.5, 0.6) is 0 Å². The number of aryl methyl sites for hydroxylation is 2. The maximum Gasteiger partial charge on any atom is 1.00 e. The maximum absolute atomic E-state index is 13.6. The Morgan fingerprint density at radius 3 is 2.45 bits per heavy atom. The third-order valence-electron chi connectivity index (χ3n) is 5.29. The molecule has 0 radical (unpaired) electrons. The molecule has 7 nitrogen and oxygen atoms in total. The molecule has 3 aromatic rings. The Morgan fingerprint density at radius 1 is 1.24 bits per heavy atom. The first-order chi connectivity index (χ1) is 15.1. The summed E-state index contributed by atoms with van der Waals surface area (Å²) in [4.78, 5) is 15.5. The van der Waals surface area contributed by atoms with E-state index in [0.717, 1.165) is 33.5 Å². The summed E-state index contributed by atoms with van der Waals surface area (Å²) in [6.45, 7) is 5.89. The molecule has 33 heavy (non-hydrogen) atoms. The first kappa shape index (κ1) is 27.1. The fourth-order valence-electron chi connectivity index (χ4n) is 3.87. The number of carboxylic acid groups (broad SMARTS) is 1. The molecular formula is C24H27FN3NaO4. The Balaban J connectivity index is 0.00000385. The van der Waals surface area contributed by atoms with Gasteiger partial charge in [0.05, 0.1) is 29.0 Å². The number of aromatic nitrogens is 3. The first-order valence-electron chi connectivity index (χ1n) is 10.5. The number of hydrogen-bond acceptors (Lipinski definition) is 6. The Morgan fingerprint density at radius 2 is 1.88 bits per heavy atom. The normalized spacial score (nSPS) is 13.5. The van der Waals surface area contributed by atoms with Crippen molar-refractivity contribution in [3.05, 3.63) is 53.1 Å². The molecule has 0 saturated carbocycles. The molecule has 0 fully saturated rings. The van der Waals surface area contributed by atoms with E-state index in [1.165, 1.54) is 18.2 Å². The Labute approximate surface area is 214 Å². The molecule has 0 unspecified atom stereocenters. The molecule has 0 saturated heterocycles. The van der Waals surface area contributed by atoms with Crippen molar-refractivity contribution in [1.82, 2.24) is 14.8 Å². The van der Waals surface area contributed by atoms with Gasteiger partial charge in [-0.25, -0.2) is 9.37 Å². The van der Waals surface area contributed by atoms with E-state index in [1.54, 1.807) is 22.9 Å². The van der Waals surface area contributed by atoms with Gasteiger partial charge in [0.2, 0.25) is 0 Å². The molecule has 0 aliphatic rings. The van der Waals surface area contributed by atoms with Crippen LogP contribution in [-0.2, 0) is 11.8 Å². The van der Waals surface area contributed by atoms with Crippen LogP contribution in [0.2, 0.25) is 0 Å². The van der Waals surface area contributed by atoms with Crippen molar-refractivity contribution in [2.75, 3.05) is 0 Å². The van der Waals surface area contributed by atoms with Crippen LogP contribution in [0.4, 0.5) is 4.39 Å². The van der Waals surface area contributed by atoms with Crippen molar-refractivity contribution in [3.8, 4) is 11.1 Å². The molecule has 2 N–H and O–H groups in total. The topological polar surface area (TPSA) is 111 Å². The van der Waals surface area contributed by atoms with E-state index in [2.05, 4.69) is 5.10 Å². The zero-order valence-corrected chi connectivity index (χ0v) is 21.5. The average Bonchev–Trinajstić information content (AvgIpc) is 2.98. The molecule has 0 aliphatic heterocycles. The summed E-state index contributed by atoms with van der Waals surface area (Å²) in [6.07, 6.45) is 0.244. The number of carboxylic acids is 1. The number of carbonyl (C=O) groups is 1. The molecule has 170 valence electrons. The second kappa shape index (κ2) is 11.4. The van der Waals surface area contributed by atoms with Gasteiger partial charge in [0.25, 0.3) is 0 Å². The Bertz CT molecular complexity index is 1160. The van der Waals surface area contributed by atoms with Gasteiger partial charge in [-0.05, 0) is 30.5 Å². The van der Waals surface area contributed by atoms with Crippen LogP contribution in [0.3, 0.4) is 0 Å². The second-order valence-electron chi connectivity index (χ2n) is 8.25. The van der Waals surface area contributed by atoms with Gasteiger partial charge in [0, 0.05) is 37.0 Å². The molecule has 1 aromatic carbocycles. The van der Waals surface area contributed by atoms with Crippen LogP contribution in [-0.4, -0.2) is 43.2 Å². The second-order valence-corrected chi connectivity index (χ2v) is 8.25. The standard InChI is InChI=1S/C24H28FN3O4.Na/c1-13(2)23-19(10-9-17(29)11-18(30)12-20(31)32)22(15-5-7-16(25)8-6-15)21-14(3)27-28(4)24(21)26-23;/h5-10,13,17-18,29-30H,11-12H2,1-4H3,(H,31,32);/q;+1/p-1/b10-9+;/t17-,18-;/m1./s1. The van der Waals surface area contributed by atoms with Crippen molar-refractivity contribution in [1.29, 1.82) is 0 Å². The van der Waals surface area contributed by atoms with Gasteiger partial charge < -0.3 is 20.1 Å². The minimum absolute atomic E-state index is 0. The van der Waals surface area contributed by atoms with Crippen molar-refractivity contribution < 1.29 is 54.1 Å². The van der Waals surface area contributed by atoms with Gasteiger partial charge in [0.1, 0.15) is 5.82 Å². The van der Waals surface area contributed by atoms with Crippen LogP contribution in [0.1, 0.15) is 49.6 Å². The molecule has 2 heterocycles. The summed E-state index contributed by atoms with van der Waals surface area (Å²) in [5.74, 6) is -1.69. The number of aliphatic hydroxyl groups excluding tert-OH is 2. The van der Waals surface area contributed by atoms with Gasteiger partial charge in [-0.2, -0.15) is 5.10 Å². The zero-order valence-electron chi connectivity index (χ0n) is 19.5. The number of pyridine rings is 1. The Kier molecular flexibility index (Phi) is 9.34. The summed E-state index contributed by atoms with van der Waals surface area (Å²) in [6, 6.07) is 6.16. The predicted molar refractivity (Wildman–Crippen MR) is 118 cm³/mol. The summed E-state index contributed by atoms with van der Waals surface area (Å²) >= 11 is 0. The molecule has 0 aliphatic carbocycles. The van der Waals surface area contributed by atoms with Crippen molar-refractivity contribution in [2.45, 2.75) is 51.7 Å². The van der Waals surface area contributed by atoms with Crippen LogP contribution < -0.4 is 34.7 Å². The minimum atomic E-state index is -1.38. The van der Waals surface area contributed by atoms with Gasteiger partial charge in [-0.15, -0.1) is 0 Å². The van der Waals surface area contributed by atoms with E-state index in [9.17, 15) is 24.5 Å². The molecule has 2 aromatic heterocycles. The number of aliphatic carboxylic acids is 1. The van der Waals surface area contributed by atoms with Crippen LogP contribution in [0.15, 0.2) is 30.3 Å². The van der Waals surface area contributed by atoms with E-state index in [1.807, 2.05) is 27.8 Å². The molecule has 9 heteroatoms. The van der Waals surface area contributed by atoms with E-state index < -0.39 is 24.6 Å². The number of benzene rings is 1. The van der Waals surface area contributed by atoms with Crippen LogP contribution in [0, 0.1) is 12.7 Å². The number of carbonyl (C=O) groups excluding carboxylic acids is 1. The number of hydrogen-bond donors (Lipinski definition) is 2. The van der Waals surface area contributed by atoms with E-state index >= 15 is 0 Å². The van der Waals surface area contributed by atoms with Crippen molar-refractivity contribution >= 4 is 23.1 Å². The van der Waals surface area contributed by atoms with E-state index in [-0.39, 0.29) is 47.7 Å². The number of aliphatic hydroxyl groups is 2. The third-order valence-corrected chi connectivity index (χ3v) is 5.29. The maximum atomic E-state index is 13.6. The SMILES string of the molecule is Cc1nn(C)c2nc(C(C)C)c(/C=C/[C@@H](O)C[C@@H](O)CC(=O)[O-])c(-c3ccc(F)cc3)c12.[Na+]. The smallest absolute Gasteiger partial charge is 0.550 e. The summed E-state index contributed by atoms with van der Waals surface area (Å²) in [7, 11) is 1.82. The molecule has 0 amide bonds. The van der Waals surface area contributed by atoms with Crippen LogP contribution in [0.25, 0.3) is 28.2 Å². The number of rotatable bonds is 8. The number of fused-ring (bicyclic) bond motifs is 1. The summed E-state index contributed by atoms with van der Waals surface area (Å²) in [5, 5.41) is 36.1. The summed E-state index contributed by atoms with van der Waals surface area (Å²) < 4.78 is 15.3. The monoisotopic (exact) mass is 463 g/mol. The molecule has 2 atom stereocenters. The van der Waals surface area contributed by atoms with E-state index in [0.29, 0.717) is 5.65 Å². The summed E-state index contributed by atoms with van der Waals surface area (Å²) in [5.41, 5.74) is 4.60. The quantitative estimate of drug-likeness (QED) is 0.435. The van der Waals surface area contributed by atoms with Crippen molar-refractivity contribution in [2.24, 2.45) is 7.05 Å². The van der Waals surface area contributed by atoms with Gasteiger partial charge >= 0.3 is 29.6 Å². The number of halogens is 1. The largest absolute Gasteiger partial charge is 1.00 e. The molecule has 0 spiro atoms. The fourth-order valence-corrected chi connectivity index (χ4v) is 3.87. The average molecular weight is 463 g/mol. The van der Waals surface area contributed by atoms with Gasteiger partial charge in [0.15, 0.2) is 5.65 Å². The molecule has 0 bridgehead atoms. The molecule has 3 rings (SSSR count). The van der Waals surface area contributed by atoms with Crippen molar-refractivity contribution in [3.63, 3.8) is 0 Å². The minimum Gasteiger partial charge on any atom is -0.550 e. The predicted octanol–water partition coefficient (Wildman–Crippen LogP) is -0.525. The zero-order chi connectivity index (χ0) is 23.6. The van der Waals surface area contributed by atoms with Gasteiger partial charge in [-0.3, -0.25) is 4.68 Å². The molecular weight excluding hydrogens is 436 g/mol. The van der Waals surface area contributed by atoms with Crippen LogP contribution >= 0.6 is 0 Å². The van der Waals surface area contributed by atoms with E-state index in [4.69, 9.17) is 4.98 Å². The first-order valence-corrected chi connectivity index (χ1v) is 10.5. The fraction of sp³-hybridized carbons (Fsp3) is 0.375. The Hall–Kier alpha value is -2.10. The van der Waals surface area contributed by atoms with Gasteiger partial charge in [-0.1, -0.05) is 38.1 Å².